The average molecular weight is 478 g/mol. The van der Waals surface area contributed by atoms with Crippen molar-refractivity contribution in [1.82, 2.24) is 19.5 Å². The maximum atomic E-state index is 12.1. The molecule has 1 saturated carbocycles. The number of carboxylic acid groups (broad SMARTS) is 1. The Morgan fingerprint density at radius 2 is 1.77 bits per heavy atom. The molecule has 0 radical (unpaired) electrons. The van der Waals surface area contributed by atoms with Crippen LogP contribution in [0.25, 0.3) is 11.2 Å². The van der Waals surface area contributed by atoms with Gasteiger partial charge in [0.25, 0.3) is 0 Å². The van der Waals surface area contributed by atoms with Crippen LogP contribution in [0.15, 0.2) is 36.9 Å². The average Bonchev–Trinajstić information content (AvgIpc) is 3.61. The minimum Gasteiger partial charge on any atom is -0.479 e. The Kier molecular flexibility index (Phi) is 4.83. The number of aliphatic carboxylic acids is 1. The third-order valence-electron chi connectivity index (χ3n) is 7.75. The standard InChI is InChI=1S/C25H27N5O5/c31-24(32)20-18-19(35-25(34-18)10-14-6-4-5-7-15(14)11-25)23(33-20)30-13-28-17-21(26-12-27-22(17)30)29-16-8-2-1-3-9-16/h4-7,12-13,16,18-20,23H,1-3,8-11H2,(H,31,32)(H,26,27,29)/t18-,19+,20-,23+/m0/s1. The fraction of sp³-hybridized carbons (Fsp3) is 0.520. The van der Waals surface area contributed by atoms with E-state index in [0.717, 1.165) is 24.0 Å². The van der Waals surface area contributed by atoms with E-state index in [1.54, 1.807) is 10.9 Å². The maximum absolute atomic E-state index is 12.1. The van der Waals surface area contributed by atoms with Gasteiger partial charge in [0.2, 0.25) is 0 Å². The Bertz CT molecular complexity index is 1260. The van der Waals surface area contributed by atoms with Crippen LogP contribution in [0, 0.1) is 0 Å². The number of carboxylic acids is 1. The van der Waals surface area contributed by atoms with Crippen LogP contribution in [0.5, 0.6) is 0 Å². The zero-order chi connectivity index (χ0) is 23.6. The Labute approximate surface area is 201 Å². The normalized spacial score (nSPS) is 29.5. The molecule has 0 bridgehead atoms. The summed E-state index contributed by atoms with van der Waals surface area (Å²) in [5.41, 5.74) is 3.54. The van der Waals surface area contributed by atoms with E-state index in [0.29, 0.717) is 35.9 Å². The molecule has 4 atom stereocenters. The molecular weight excluding hydrogens is 450 g/mol. The van der Waals surface area contributed by atoms with Gasteiger partial charge in [-0.2, -0.15) is 0 Å². The SMILES string of the molecule is O=C(O)[C@H]1O[C@@H](n2cnc3c(NC4CCCCC4)ncnc32)[C@@H]2OC3(Cc4ccccc4C3)O[C@@H]21. The van der Waals surface area contributed by atoms with Crippen molar-refractivity contribution in [3.63, 3.8) is 0 Å². The van der Waals surface area contributed by atoms with Crippen LogP contribution in [-0.2, 0) is 31.8 Å². The van der Waals surface area contributed by atoms with E-state index in [2.05, 4.69) is 32.4 Å². The number of nitrogens with zero attached hydrogens (tertiary/aromatic N) is 4. The quantitative estimate of drug-likeness (QED) is 0.584. The number of anilines is 1. The Morgan fingerprint density at radius 1 is 1.03 bits per heavy atom. The second kappa shape index (κ2) is 7.97. The van der Waals surface area contributed by atoms with Crippen LogP contribution in [0.3, 0.4) is 0 Å². The van der Waals surface area contributed by atoms with Gasteiger partial charge < -0.3 is 24.6 Å². The Balaban J connectivity index is 1.21. The molecule has 10 nitrogen and oxygen atoms in total. The topological polar surface area (TPSA) is 121 Å². The molecule has 2 N–H and O–H groups in total. The van der Waals surface area contributed by atoms with Gasteiger partial charge in [0.1, 0.15) is 18.5 Å². The lowest BCUT2D eigenvalue weighted by molar-refractivity contribution is -0.214. The molecule has 2 aromatic heterocycles. The molecule has 3 aromatic rings. The number of rotatable bonds is 4. The molecule has 2 aliphatic heterocycles. The summed E-state index contributed by atoms with van der Waals surface area (Å²) in [6.45, 7) is 0. The molecule has 10 heteroatoms. The van der Waals surface area contributed by atoms with Crippen molar-refractivity contribution in [2.75, 3.05) is 5.32 Å². The lowest BCUT2D eigenvalue weighted by Gasteiger charge is -2.26. The Morgan fingerprint density at radius 3 is 2.51 bits per heavy atom. The van der Waals surface area contributed by atoms with Crippen LogP contribution >= 0.6 is 0 Å². The van der Waals surface area contributed by atoms with Gasteiger partial charge in [-0.25, -0.2) is 19.7 Å². The molecule has 3 fully saturated rings. The number of fused-ring (bicyclic) bond motifs is 3. The van der Waals surface area contributed by atoms with E-state index in [1.807, 2.05) is 12.1 Å². The first-order valence-corrected chi connectivity index (χ1v) is 12.3. The fourth-order valence-electron chi connectivity index (χ4n) is 6.14. The molecule has 1 spiro atoms. The number of nitrogens with one attached hydrogen (secondary N) is 1. The first kappa shape index (κ1) is 21.2. The summed E-state index contributed by atoms with van der Waals surface area (Å²) in [6, 6.07) is 8.49. The third kappa shape index (κ3) is 3.42. The van der Waals surface area contributed by atoms with E-state index < -0.39 is 36.3 Å². The summed E-state index contributed by atoms with van der Waals surface area (Å²) in [4.78, 5) is 25.6. The van der Waals surface area contributed by atoms with Crippen molar-refractivity contribution in [2.45, 2.75) is 81.3 Å². The van der Waals surface area contributed by atoms with Gasteiger partial charge in [0, 0.05) is 18.9 Å². The first-order valence-electron chi connectivity index (χ1n) is 12.3. The highest BCUT2D eigenvalue weighted by molar-refractivity contribution is 5.83. The van der Waals surface area contributed by atoms with Crippen LogP contribution < -0.4 is 5.32 Å². The third-order valence-corrected chi connectivity index (χ3v) is 7.75. The molecule has 1 aromatic carbocycles. The highest BCUT2D eigenvalue weighted by Crippen LogP contribution is 2.49. The van der Waals surface area contributed by atoms with Crippen LogP contribution in [0.4, 0.5) is 5.82 Å². The van der Waals surface area contributed by atoms with Crippen molar-refractivity contribution >= 4 is 23.0 Å². The van der Waals surface area contributed by atoms with E-state index in [-0.39, 0.29) is 0 Å². The van der Waals surface area contributed by atoms with Gasteiger partial charge in [-0.05, 0) is 24.0 Å². The molecular formula is C25H27N5O5. The van der Waals surface area contributed by atoms with Crippen molar-refractivity contribution in [1.29, 1.82) is 0 Å². The van der Waals surface area contributed by atoms with E-state index in [9.17, 15) is 9.90 Å². The molecule has 182 valence electrons. The minimum absolute atomic E-state index is 0.367. The fourth-order valence-corrected chi connectivity index (χ4v) is 6.14. The first-order chi connectivity index (χ1) is 17.1. The highest BCUT2D eigenvalue weighted by atomic mass is 16.8. The number of benzene rings is 1. The van der Waals surface area contributed by atoms with Crippen molar-refractivity contribution in [2.24, 2.45) is 0 Å². The zero-order valence-corrected chi connectivity index (χ0v) is 19.2. The van der Waals surface area contributed by atoms with Gasteiger partial charge in [0.05, 0.1) is 6.33 Å². The lowest BCUT2D eigenvalue weighted by Crippen LogP contribution is -2.38. The van der Waals surface area contributed by atoms with Gasteiger partial charge in [-0.1, -0.05) is 43.5 Å². The van der Waals surface area contributed by atoms with Crippen molar-refractivity contribution < 1.29 is 24.1 Å². The van der Waals surface area contributed by atoms with E-state index in [4.69, 9.17) is 14.2 Å². The second-order valence-corrected chi connectivity index (χ2v) is 10.0. The second-order valence-electron chi connectivity index (χ2n) is 10.0. The molecule has 2 aliphatic carbocycles. The van der Waals surface area contributed by atoms with Gasteiger partial charge in [-0.3, -0.25) is 4.57 Å². The lowest BCUT2D eigenvalue weighted by atomic mass is 9.95. The molecule has 2 saturated heterocycles. The molecule has 35 heavy (non-hydrogen) atoms. The smallest absolute Gasteiger partial charge is 0.335 e. The summed E-state index contributed by atoms with van der Waals surface area (Å²) in [5.74, 6) is -1.26. The summed E-state index contributed by atoms with van der Waals surface area (Å²) >= 11 is 0. The van der Waals surface area contributed by atoms with Crippen LogP contribution in [0.2, 0.25) is 0 Å². The predicted molar refractivity (Wildman–Crippen MR) is 124 cm³/mol. The number of aromatic nitrogens is 4. The van der Waals surface area contributed by atoms with E-state index in [1.165, 1.54) is 25.6 Å². The summed E-state index contributed by atoms with van der Waals surface area (Å²) in [6.07, 6.45) is 7.00. The van der Waals surface area contributed by atoms with Crippen molar-refractivity contribution in [3.05, 3.63) is 48.0 Å². The maximum Gasteiger partial charge on any atom is 0.335 e. The summed E-state index contributed by atoms with van der Waals surface area (Å²) in [5, 5.41) is 13.4. The summed E-state index contributed by atoms with van der Waals surface area (Å²) < 4.78 is 20.6. The number of carbonyl (C=O) groups is 1. The molecule has 7 rings (SSSR count). The zero-order valence-electron chi connectivity index (χ0n) is 19.2. The van der Waals surface area contributed by atoms with Gasteiger partial charge in [0.15, 0.2) is 35.1 Å². The molecule has 4 aliphatic rings. The number of hydrogen-bond acceptors (Lipinski definition) is 8. The number of ether oxygens (including phenoxy) is 3. The predicted octanol–water partition coefficient (Wildman–Crippen LogP) is 2.83. The molecule has 4 heterocycles. The van der Waals surface area contributed by atoms with Crippen LogP contribution in [-0.4, -0.2) is 60.7 Å². The number of imidazole rings is 1. The summed E-state index contributed by atoms with van der Waals surface area (Å²) in [7, 11) is 0. The van der Waals surface area contributed by atoms with Crippen molar-refractivity contribution in [3.8, 4) is 0 Å². The van der Waals surface area contributed by atoms with E-state index >= 15 is 0 Å². The Hall–Kier alpha value is -3.08. The van der Waals surface area contributed by atoms with Gasteiger partial charge in [-0.15, -0.1) is 0 Å². The monoisotopic (exact) mass is 477 g/mol. The molecule has 0 unspecified atom stereocenters. The van der Waals surface area contributed by atoms with Crippen LogP contribution in [0.1, 0.15) is 49.5 Å². The highest BCUT2D eigenvalue weighted by Gasteiger charge is 2.62. The van der Waals surface area contributed by atoms with Gasteiger partial charge >= 0.3 is 5.97 Å². The minimum atomic E-state index is -1.15. The largest absolute Gasteiger partial charge is 0.479 e. The molecule has 0 amide bonds. The number of hydrogen-bond donors (Lipinski definition) is 2.